The Morgan fingerprint density at radius 2 is 1.63 bits per heavy atom. The van der Waals surface area contributed by atoms with Crippen molar-refractivity contribution in [2.24, 2.45) is 0 Å². The van der Waals surface area contributed by atoms with E-state index in [-0.39, 0.29) is 18.3 Å². The van der Waals surface area contributed by atoms with E-state index in [9.17, 15) is 0 Å². The van der Waals surface area contributed by atoms with Crippen LogP contribution in [0.4, 0.5) is 0 Å². The summed E-state index contributed by atoms with van der Waals surface area (Å²) in [7, 11) is 1.64. The summed E-state index contributed by atoms with van der Waals surface area (Å²) < 4.78 is 42.8. The first-order chi connectivity index (χ1) is 12.7. The highest BCUT2D eigenvalue weighted by Crippen LogP contribution is 2.50. The van der Waals surface area contributed by atoms with E-state index < -0.39 is 23.0 Å². The summed E-state index contributed by atoms with van der Waals surface area (Å²) in [6.45, 7) is 8.83. The predicted octanol–water partition coefficient (Wildman–Crippen LogP) is 2.75. The molecule has 0 bridgehead atoms. The average Bonchev–Trinajstić information content (AvgIpc) is 3.12. The maximum absolute atomic E-state index is 6.57. The van der Waals surface area contributed by atoms with E-state index >= 15 is 0 Å². The Kier molecular flexibility index (Phi) is 5.12. The summed E-state index contributed by atoms with van der Waals surface area (Å²) in [6, 6.07) is 0. The van der Waals surface area contributed by atoms with Crippen molar-refractivity contribution in [2.45, 2.75) is 101 Å². The fourth-order valence-electron chi connectivity index (χ4n) is 4.45. The van der Waals surface area contributed by atoms with Crippen LogP contribution in [0.25, 0.3) is 0 Å². The van der Waals surface area contributed by atoms with Gasteiger partial charge in [-0.2, -0.15) is 0 Å². The average molecular weight is 386 g/mol. The fourth-order valence-corrected chi connectivity index (χ4v) is 4.45. The molecule has 0 radical (unpaired) electrons. The van der Waals surface area contributed by atoms with Gasteiger partial charge in [-0.1, -0.05) is 6.42 Å². The Morgan fingerprint density at radius 3 is 2.26 bits per heavy atom. The van der Waals surface area contributed by atoms with E-state index in [2.05, 4.69) is 0 Å². The number of rotatable bonds is 4. The number of methoxy groups -OCH3 is 1. The highest BCUT2D eigenvalue weighted by atomic mass is 16.8. The Balaban J connectivity index is 1.53. The molecular weight excluding hydrogens is 352 g/mol. The Bertz CT molecular complexity index is 530. The highest BCUT2D eigenvalue weighted by molar-refractivity contribution is 5.10. The maximum atomic E-state index is 6.57. The lowest BCUT2D eigenvalue weighted by Gasteiger charge is -2.44. The third-order valence-corrected chi connectivity index (χ3v) is 6.29. The number of hydrogen-bond acceptors (Lipinski definition) is 7. The van der Waals surface area contributed by atoms with E-state index in [0.717, 1.165) is 25.7 Å². The Morgan fingerprint density at radius 1 is 0.963 bits per heavy atom. The molecule has 0 N–H and O–H groups in total. The zero-order valence-electron chi connectivity index (χ0n) is 17.2. The largest absolute Gasteiger partial charge is 0.359 e. The quantitative estimate of drug-likeness (QED) is 0.688. The van der Waals surface area contributed by atoms with Crippen LogP contribution >= 0.6 is 0 Å². The minimum absolute atomic E-state index is 0.191. The lowest BCUT2D eigenvalue weighted by molar-refractivity contribution is -0.334. The third kappa shape index (κ3) is 3.80. The van der Waals surface area contributed by atoms with Crippen molar-refractivity contribution in [2.75, 3.05) is 26.9 Å². The van der Waals surface area contributed by atoms with Crippen LogP contribution in [-0.4, -0.2) is 68.2 Å². The molecule has 4 fully saturated rings. The van der Waals surface area contributed by atoms with Gasteiger partial charge in [-0.15, -0.1) is 0 Å². The Labute approximate surface area is 161 Å². The van der Waals surface area contributed by atoms with Crippen molar-refractivity contribution in [3.63, 3.8) is 0 Å². The first kappa shape index (κ1) is 20.0. The highest BCUT2D eigenvalue weighted by Gasteiger charge is 2.66. The third-order valence-electron chi connectivity index (χ3n) is 6.29. The first-order valence-electron chi connectivity index (χ1n) is 10.2. The molecular formula is C20H34O7. The molecule has 3 aliphatic heterocycles. The van der Waals surface area contributed by atoms with Crippen molar-refractivity contribution >= 4 is 0 Å². The van der Waals surface area contributed by atoms with Crippen molar-refractivity contribution in [3.8, 4) is 0 Å². The van der Waals surface area contributed by atoms with Crippen LogP contribution in [0.2, 0.25) is 0 Å². The second-order valence-corrected chi connectivity index (χ2v) is 9.21. The van der Waals surface area contributed by atoms with Gasteiger partial charge in [0.05, 0.1) is 19.8 Å². The summed E-state index contributed by atoms with van der Waals surface area (Å²) >= 11 is 0. The summed E-state index contributed by atoms with van der Waals surface area (Å²) in [5, 5.41) is 0. The molecule has 7 nitrogen and oxygen atoms in total. The van der Waals surface area contributed by atoms with Gasteiger partial charge in [0.2, 0.25) is 0 Å². The molecule has 3 heterocycles. The standard InChI is InChI=1S/C20H34O7/c1-17(2,21-5)22-11-14-15-16(27-20(26-15)9-7-6-8-10-20)19(25-14)12-23-18(3,4)24-13-19/h14-16H,6-13H2,1-5H3/t14-,15-,16-/m1/s1. The van der Waals surface area contributed by atoms with Crippen LogP contribution in [0.1, 0.15) is 59.8 Å². The molecule has 4 rings (SSSR count). The molecule has 1 saturated carbocycles. The van der Waals surface area contributed by atoms with Gasteiger partial charge in [0.15, 0.2) is 17.4 Å². The van der Waals surface area contributed by atoms with Crippen molar-refractivity contribution in [3.05, 3.63) is 0 Å². The second kappa shape index (κ2) is 6.90. The molecule has 3 atom stereocenters. The Hall–Kier alpha value is -0.280. The molecule has 4 aliphatic rings. The van der Waals surface area contributed by atoms with Gasteiger partial charge >= 0.3 is 0 Å². The van der Waals surface area contributed by atoms with Gasteiger partial charge in [0.1, 0.15) is 23.9 Å². The molecule has 27 heavy (non-hydrogen) atoms. The summed E-state index contributed by atoms with van der Waals surface area (Å²) in [6.07, 6.45) is 4.70. The molecule has 3 saturated heterocycles. The fraction of sp³-hybridized carbons (Fsp3) is 1.00. The van der Waals surface area contributed by atoms with E-state index in [4.69, 9.17) is 33.2 Å². The van der Waals surface area contributed by atoms with Crippen LogP contribution in [0.15, 0.2) is 0 Å². The van der Waals surface area contributed by atoms with Crippen molar-refractivity contribution < 1.29 is 33.2 Å². The molecule has 0 aromatic rings. The zero-order chi connectivity index (χ0) is 19.3. The monoisotopic (exact) mass is 386 g/mol. The molecule has 2 spiro atoms. The van der Waals surface area contributed by atoms with Crippen LogP contribution in [0, 0.1) is 0 Å². The van der Waals surface area contributed by atoms with Gasteiger partial charge < -0.3 is 33.2 Å². The van der Waals surface area contributed by atoms with E-state index in [0.29, 0.717) is 19.8 Å². The summed E-state index contributed by atoms with van der Waals surface area (Å²) in [5.41, 5.74) is -0.660. The minimum atomic E-state index is -0.682. The predicted molar refractivity (Wildman–Crippen MR) is 96.2 cm³/mol. The van der Waals surface area contributed by atoms with Gasteiger partial charge in [-0.05, 0) is 40.5 Å². The number of fused-ring (bicyclic) bond motifs is 2. The van der Waals surface area contributed by atoms with Gasteiger partial charge in [0.25, 0.3) is 0 Å². The molecule has 0 unspecified atom stereocenters. The lowest BCUT2D eigenvalue weighted by Crippen LogP contribution is -2.58. The van der Waals surface area contributed by atoms with E-state index in [1.54, 1.807) is 7.11 Å². The SMILES string of the molecule is COC(C)(C)OC[C@H]1OC2(COC(C)(C)OC2)[C@@H]2OC3(CCCCC3)O[C@@H]21. The molecule has 0 aromatic heterocycles. The summed E-state index contributed by atoms with van der Waals surface area (Å²) in [4.78, 5) is 0. The number of ether oxygens (including phenoxy) is 7. The van der Waals surface area contributed by atoms with Gasteiger partial charge in [-0.3, -0.25) is 0 Å². The zero-order valence-corrected chi connectivity index (χ0v) is 17.2. The minimum Gasteiger partial charge on any atom is -0.359 e. The van der Waals surface area contributed by atoms with Crippen LogP contribution in [0.5, 0.6) is 0 Å². The van der Waals surface area contributed by atoms with Crippen molar-refractivity contribution in [1.29, 1.82) is 0 Å². The second-order valence-electron chi connectivity index (χ2n) is 9.21. The molecule has 0 amide bonds. The first-order valence-corrected chi connectivity index (χ1v) is 10.2. The van der Waals surface area contributed by atoms with Gasteiger partial charge in [0, 0.05) is 20.0 Å². The summed E-state index contributed by atoms with van der Waals surface area (Å²) in [5.74, 6) is -1.79. The van der Waals surface area contributed by atoms with Crippen LogP contribution in [-0.2, 0) is 33.2 Å². The number of hydrogen-bond donors (Lipinski definition) is 0. The normalized spacial score (nSPS) is 37.0. The van der Waals surface area contributed by atoms with Crippen LogP contribution < -0.4 is 0 Å². The van der Waals surface area contributed by atoms with Crippen LogP contribution in [0.3, 0.4) is 0 Å². The maximum Gasteiger partial charge on any atom is 0.169 e. The van der Waals surface area contributed by atoms with E-state index in [1.807, 2.05) is 27.7 Å². The molecule has 0 aromatic carbocycles. The molecule has 156 valence electrons. The smallest absolute Gasteiger partial charge is 0.169 e. The lowest BCUT2D eigenvalue weighted by atomic mass is 9.93. The van der Waals surface area contributed by atoms with Gasteiger partial charge in [-0.25, -0.2) is 0 Å². The molecule has 7 heteroatoms. The van der Waals surface area contributed by atoms with E-state index in [1.165, 1.54) is 6.42 Å². The van der Waals surface area contributed by atoms with Crippen molar-refractivity contribution in [1.82, 2.24) is 0 Å². The molecule has 1 aliphatic carbocycles. The topological polar surface area (TPSA) is 64.6 Å².